The molecule has 1 saturated heterocycles. The van der Waals surface area contributed by atoms with Gasteiger partial charge < -0.3 is 16.0 Å². The molecule has 1 atom stereocenters. The molecule has 0 spiro atoms. The summed E-state index contributed by atoms with van der Waals surface area (Å²) in [6.07, 6.45) is 2.20. The molecule has 102 valence electrons. The highest BCUT2D eigenvalue weighted by molar-refractivity contribution is 7.91. The number of fused-ring (bicyclic) bond motifs is 1. The van der Waals surface area contributed by atoms with Gasteiger partial charge in [0.2, 0.25) is 5.95 Å². The predicted molar refractivity (Wildman–Crippen MR) is 71.3 cm³/mol. The third kappa shape index (κ3) is 2.46. The maximum absolute atomic E-state index is 11.4. The average Bonchev–Trinajstić information content (AvgIpc) is 2.92. The summed E-state index contributed by atoms with van der Waals surface area (Å²) in [6, 6.07) is 0. The Balaban J connectivity index is 1.77. The maximum atomic E-state index is 11.4. The third-order valence-corrected chi connectivity index (χ3v) is 5.02. The van der Waals surface area contributed by atoms with E-state index >= 15 is 0 Å². The summed E-state index contributed by atoms with van der Waals surface area (Å²) < 4.78 is 22.8. The fourth-order valence-corrected chi connectivity index (χ4v) is 4.11. The molecule has 2 aromatic rings. The molecule has 0 aromatic carbocycles. The Bertz CT molecular complexity index is 710. The van der Waals surface area contributed by atoms with E-state index in [-0.39, 0.29) is 23.4 Å². The summed E-state index contributed by atoms with van der Waals surface area (Å²) in [6.45, 7) is 0.545. The molecule has 1 aliphatic heterocycles. The summed E-state index contributed by atoms with van der Waals surface area (Å²) in [7, 11) is -2.86. The largest absolute Gasteiger partial charge is 0.368 e. The van der Waals surface area contributed by atoms with Crippen molar-refractivity contribution in [2.24, 2.45) is 5.92 Å². The monoisotopic (exact) mass is 282 g/mol. The number of nitrogens with one attached hydrogen (secondary N) is 2. The number of hydrogen-bond acceptors (Lipinski definition) is 7. The van der Waals surface area contributed by atoms with Gasteiger partial charge in [-0.1, -0.05) is 0 Å². The minimum atomic E-state index is -2.86. The van der Waals surface area contributed by atoms with Crippen LogP contribution in [0.15, 0.2) is 6.33 Å². The van der Waals surface area contributed by atoms with Gasteiger partial charge in [-0.3, -0.25) is 0 Å². The summed E-state index contributed by atoms with van der Waals surface area (Å²) in [5, 5.41) is 3.13. The van der Waals surface area contributed by atoms with E-state index in [1.807, 2.05) is 0 Å². The Morgan fingerprint density at radius 2 is 2.32 bits per heavy atom. The van der Waals surface area contributed by atoms with E-state index in [9.17, 15) is 8.42 Å². The zero-order chi connectivity index (χ0) is 13.5. The van der Waals surface area contributed by atoms with Crippen molar-refractivity contribution in [2.75, 3.05) is 29.1 Å². The first-order valence-electron chi connectivity index (χ1n) is 5.94. The van der Waals surface area contributed by atoms with Gasteiger partial charge in [-0.05, 0) is 12.3 Å². The van der Waals surface area contributed by atoms with E-state index in [1.165, 1.54) is 6.33 Å². The van der Waals surface area contributed by atoms with E-state index < -0.39 is 9.84 Å². The first kappa shape index (κ1) is 12.2. The molecule has 0 bridgehead atoms. The van der Waals surface area contributed by atoms with Crippen molar-refractivity contribution < 1.29 is 8.42 Å². The minimum absolute atomic E-state index is 0.110. The number of aromatic nitrogens is 4. The molecule has 0 aliphatic carbocycles. The molecule has 1 aliphatic rings. The molecule has 4 N–H and O–H groups in total. The quantitative estimate of drug-likeness (QED) is 0.710. The smallest absolute Gasteiger partial charge is 0.224 e. The second-order valence-electron chi connectivity index (χ2n) is 4.68. The van der Waals surface area contributed by atoms with Gasteiger partial charge in [0.15, 0.2) is 21.3 Å². The molecule has 0 amide bonds. The number of sulfone groups is 1. The van der Waals surface area contributed by atoms with E-state index in [4.69, 9.17) is 5.73 Å². The molecule has 8 nitrogen and oxygen atoms in total. The van der Waals surface area contributed by atoms with E-state index in [1.54, 1.807) is 0 Å². The number of imidazole rings is 1. The third-order valence-electron chi connectivity index (χ3n) is 3.19. The molecule has 0 radical (unpaired) electrons. The van der Waals surface area contributed by atoms with Crippen LogP contribution in [0.1, 0.15) is 6.42 Å². The van der Waals surface area contributed by atoms with Crippen LogP contribution in [-0.4, -0.2) is 46.4 Å². The van der Waals surface area contributed by atoms with E-state index in [0.29, 0.717) is 29.9 Å². The molecule has 3 heterocycles. The highest BCUT2D eigenvalue weighted by Gasteiger charge is 2.27. The lowest BCUT2D eigenvalue weighted by atomic mass is 10.1. The number of rotatable bonds is 3. The van der Waals surface area contributed by atoms with Crippen molar-refractivity contribution in [3.8, 4) is 0 Å². The molecule has 2 aromatic heterocycles. The molecule has 1 unspecified atom stereocenters. The number of nitrogens with zero attached hydrogens (tertiary/aromatic N) is 3. The lowest BCUT2D eigenvalue weighted by Gasteiger charge is -2.10. The number of anilines is 2. The van der Waals surface area contributed by atoms with Crippen LogP contribution in [-0.2, 0) is 9.84 Å². The van der Waals surface area contributed by atoms with Gasteiger partial charge in [0.05, 0.1) is 17.8 Å². The van der Waals surface area contributed by atoms with Crippen LogP contribution in [0.4, 0.5) is 11.8 Å². The van der Waals surface area contributed by atoms with Gasteiger partial charge in [-0.2, -0.15) is 9.97 Å². The number of nitrogen functional groups attached to an aromatic ring is 1. The molecule has 0 saturated carbocycles. The van der Waals surface area contributed by atoms with Crippen LogP contribution in [0.25, 0.3) is 11.2 Å². The van der Waals surface area contributed by atoms with Gasteiger partial charge in [0.25, 0.3) is 0 Å². The zero-order valence-corrected chi connectivity index (χ0v) is 10.9. The molecular weight excluding hydrogens is 268 g/mol. The Labute approximate surface area is 109 Å². The van der Waals surface area contributed by atoms with E-state index in [0.717, 1.165) is 0 Å². The standard InChI is InChI=1S/C10H14N6O2S/c11-10-15-8(7-9(16-10)14-5-13-7)12-3-6-1-2-19(17,18)4-6/h5-6H,1-4H2,(H4,11,12,13,14,15,16). The molecule has 1 fully saturated rings. The maximum Gasteiger partial charge on any atom is 0.224 e. The van der Waals surface area contributed by atoms with Crippen LogP contribution in [0, 0.1) is 5.92 Å². The number of H-pyrrole nitrogens is 1. The van der Waals surface area contributed by atoms with Gasteiger partial charge in [-0.15, -0.1) is 0 Å². The summed E-state index contributed by atoms with van der Waals surface area (Å²) in [5.41, 5.74) is 6.77. The normalized spacial score (nSPS) is 21.8. The Kier molecular flexibility index (Phi) is 2.77. The Morgan fingerprint density at radius 3 is 3.05 bits per heavy atom. The first-order chi connectivity index (χ1) is 9.03. The van der Waals surface area contributed by atoms with Crippen molar-refractivity contribution >= 4 is 32.8 Å². The SMILES string of the molecule is Nc1nc(NCC2CCS(=O)(=O)C2)c2[nH]cnc2n1. The zero-order valence-electron chi connectivity index (χ0n) is 10.1. The first-order valence-corrected chi connectivity index (χ1v) is 7.76. The van der Waals surface area contributed by atoms with Crippen LogP contribution in [0.3, 0.4) is 0 Å². The number of hydrogen-bond donors (Lipinski definition) is 3. The molecular formula is C10H14N6O2S. The van der Waals surface area contributed by atoms with Crippen molar-refractivity contribution in [1.82, 2.24) is 19.9 Å². The fraction of sp³-hybridized carbons (Fsp3) is 0.500. The Morgan fingerprint density at radius 1 is 1.47 bits per heavy atom. The van der Waals surface area contributed by atoms with Crippen LogP contribution < -0.4 is 11.1 Å². The fourth-order valence-electron chi connectivity index (χ4n) is 2.25. The van der Waals surface area contributed by atoms with E-state index in [2.05, 4.69) is 25.3 Å². The van der Waals surface area contributed by atoms with Crippen LogP contribution in [0.5, 0.6) is 0 Å². The summed E-state index contributed by atoms with van der Waals surface area (Å²) in [5.74, 6) is 1.31. The highest BCUT2D eigenvalue weighted by Crippen LogP contribution is 2.21. The lowest BCUT2D eigenvalue weighted by Crippen LogP contribution is -2.17. The number of nitrogens with two attached hydrogens (primary N) is 1. The van der Waals surface area contributed by atoms with Gasteiger partial charge in [0, 0.05) is 6.54 Å². The van der Waals surface area contributed by atoms with Crippen molar-refractivity contribution in [2.45, 2.75) is 6.42 Å². The van der Waals surface area contributed by atoms with Gasteiger partial charge in [0.1, 0.15) is 5.52 Å². The average molecular weight is 282 g/mol. The van der Waals surface area contributed by atoms with Gasteiger partial charge >= 0.3 is 0 Å². The van der Waals surface area contributed by atoms with Crippen LogP contribution >= 0.6 is 0 Å². The predicted octanol–water partition coefficient (Wildman–Crippen LogP) is -0.218. The van der Waals surface area contributed by atoms with Gasteiger partial charge in [-0.25, -0.2) is 13.4 Å². The topological polar surface area (TPSA) is 127 Å². The lowest BCUT2D eigenvalue weighted by molar-refractivity contribution is 0.596. The number of aromatic amines is 1. The van der Waals surface area contributed by atoms with Crippen molar-refractivity contribution in [1.29, 1.82) is 0 Å². The summed E-state index contributed by atoms with van der Waals surface area (Å²) in [4.78, 5) is 15.0. The second kappa shape index (κ2) is 4.34. The molecule has 9 heteroatoms. The molecule has 3 rings (SSSR count). The second-order valence-corrected chi connectivity index (χ2v) is 6.91. The molecule has 19 heavy (non-hydrogen) atoms. The van der Waals surface area contributed by atoms with Crippen molar-refractivity contribution in [3.63, 3.8) is 0 Å². The van der Waals surface area contributed by atoms with Crippen LogP contribution in [0.2, 0.25) is 0 Å². The minimum Gasteiger partial charge on any atom is -0.368 e. The summed E-state index contributed by atoms with van der Waals surface area (Å²) >= 11 is 0. The Hall–Kier alpha value is -1.90. The highest BCUT2D eigenvalue weighted by atomic mass is 32.2. The van der Waals surface area contributed by atoms with Crippen molar-refractivity contribution in [3.05, 3.63) is 6.33 Å².